The SMILES string of the molecule is CN(C)C(=O)c1cc(B2OC(C)(C)C(C)(C)O2)ccc1NC(=O)N1CCOCC1. The summed E-state index contributed by atoms with van der Waals surface area (Å²) in [6.45, 7) is 10.00. The molecule has 3 amide bonds. The fourth-order valence-corrected chi connectivity index (χ4v) is 3.18. The van der Waals surface area contributed by atoms with Crippen LogP contribution in [0.4, 0.5) is 10.5 Å². The van der Waals surface area contributed by atoms with Gasteiger partial charge in [-0.25, -0.2) is 4.79 Å². The summed E-state index contributed by atoms with van der Waals surface area (Å²) in [6, 6.07) is 5.04. The topological polar surface area (TPSA) is 80.3 Å². The number of rotatable bonds is 3. The molecular weight excluding hydrogens is 373 g/mol. The van der Waals surface area contributed by atoms with Crippen molar-refractivity contribution in [2.45, 2.75) is 38.9 Å². The number of amides is 3. The van der Waals surface area contributed by atoms with Crippen LogP contribution in [0.5, 0.6) is 0 Å². The number of ether oxygens (including phenoxy) is 1. The Morgan fingerprint density at radius 2 is 1.66 bits per heavy atom. The lowest BCUT2D eigenvalue weighted by Crippen LogP contribution is -2.43. The molecule has 0 unspecified atom stereocenters. The number of hydrogen-bond donors (Lipinski definition) is 1. The Labute approximate surface area is 172 Å². The first kappa shape index (κ1) is 21.6. The standard InChI is InChI=1S/C20H30BN3O5/c1-19(2)20(3,4)29-21(28-19)14-7-8-16(15(13-14)17(25)23(5)6)22-18(26)24-9-11-27-12-10-24/h7-8,13H,9-12H2,1-6H3,(H,22,26). The Bertz CT molecular complexity index is 774. The van der Waals surface area contributed by atoms with E-state index in [0.29, 0.717) is 37.6 Å². The molecule has 3 rings (SSSR count). The molecule has 1 aromatic carbocycles. The lowest BCUT2D eigenvalue weighted by Gasteiger charge is -2.32. The van der Waals surface area contributed by atoms with Crippen molar-refractivity contribution in [1.29, 1.82) is 0 Å². The zero-order chi connectivity index (χ0) is 21.4. The van der Waals surface area contributed by atoms with Crippen LogP contribution in [0.1, 0.15) is 38.1 Å². The smallest absolute Gasteiger partial charge is 0.399 e. The van der Waals surface area contributed by atoms with Gasteiger partial charge >= 0.3 is 13.1 Å². The summed E-state index contributed by atoms with van der Waals surface area (Å²) < 4.78 is 17.5. The van der Waals surface area contributed by atoms with Gasteiger partial charge in [0.2, 0.25) is 0 Å². The molecule has 2 heterocycles. The van der Waals surface area contributed by atoms with Crippen molar-refractivity contribution in [3.8, 4) is 0 Å². The highest BCUT2D eigenvalue weighted by molar-refractivity contribution is 6.62. The molecule has 2 aliphatic heterocycles. The Kier molecular flexibility index (Phi) is 5.94. The number of urea groups is 1. The summed E-state index contributed by atoms with van der Waals surface area (Å²) in [4.78, 5) is 28.6. The van der Waals surface area contributed by atoms with E-state index in [1.54, 1.807) is 31.1 Å². The van der Waals surface area contributed by atoms with E-state index in [4.69, 9.17) is 14.0 Å². The monoisotopic (exact) mass is 403 g/mol. The molecule has 0 radical (unpaired) electrons. The third kappa shape index (κ3) is 4.41. The fourth-order valence-electron chi connectivity index (χ4n) is 3.18. The van der Waals surface area contributed by atoms with E-state index >= 15 is 0 Å². The fraction of sp³-hybridized carbons (Fsp3) is 0.600. The molecule has 8 nitrogen and oxygen atoms in total. The minimum Gasteiger partial charge on any atom is -0.399 e. The first-order chi connectivity index (χ1) is 13.5. The third-order valence-corrected chi connectivity index (χ3v) is 5.75. The number of carbonyl (C=O) groups excluding carboxylic acids is 2. The Hall–Kier alpha value is -2.10. The van der Waals surface area contributed by atoms with Crippen molar-refractivity contribution >= 4 is 30.2 Å². The molecule has 0 saturated carbocycles. The van der Waals surface area contributed by atoms with Crippen LogP contribution >= 0.6 is 0 Å². The van der Waals surface area contributed by atoms with E-state index in [9.17, 15) is 9.59 Å². The summed E-state index contributed by atoms with van der Waals surface area (Å²) in [6.07, 6.45) is 0. The largest absolute Gasteiger partial charge is 0.494 e. The van der Waals surface area contributed by atoms with Gasteiger partial charge in [0, 0.05) is 27.2 Å². The number of nitrogens with one attached hydrogen (secondary N) is 1. The van der Waals surface area contributed by atoms with E-state index in [1.807, 2.05) is 33.8 Å². The number of nitrogens with zero attached hydrogens (tertiary/aromatic N) is 2. The molecule has 0 spiro atoms. The van der Waals surface area contributed by atoms with Crippen molar-refractivity contribution in [3.63, 3.8) is 0 Å². The number of carbonyl (C=O) groups is 2. The Balaban J connectivity index is 1.88. The average molecular weight is 403 g/mol. The van der Waals surface area contributed by atoms with Gasteiger partial charge in [-0.1, -0.05) is 6.07 Å². The molecule has 0 aliphatic carbocycles. The van der Waals surface area contributed by atoms with Crippen molar-refractivity contribution in [3.05, 3.63) is 23.8 Å². The summed E-state index contributed by atoms with van der Waals surface area (Å²) in [7, 11) is 2.77. The second-order valence-electron chi connectivity index (χ2n) is 8.62. The van der Waals surface area contributed by atoms with Crippen LogP contribution in [0.25, 0.3) is 0 Å². The zero-order valence-electron chi connectivity index (χ0n) is 18.1. The van der Waals surface area contributed by atoms with Gasteiger partial charge in [-0.3, -0.25) is 4.79 Å². The number of hydrogen-bond acceptors (Lipinski definition) is 5. The van der Waals surface area contributed by atoms with E-state index < -0.39 is 18.3 Å². The minimum absolute atomic E-state index is 0.208. The van der Waals surface area contributed by atoms with Gasteiger partial charge < -0.3 is 29.2 Å². The van der Waals surface area contributed by atoms with Crippen LogP contribution in [0, 0.1) is 0 Å². The molecule has 1 aromatic rings. The maximum absolute atomic E-state index is 12.8. The van der Waals surface area contributed by atoms with Crippen LogP contribution in [0.2, 0.25) is 0 Å². The molecule has 0 aromatic heterocycles. The molecule has 1 N–H and O–H groups in total. The van der Waals surface area contributed by atoms with Crippen LogP contribution in [0.15, 0.2) is 18.2 Å². The summed E-state index contributed by atoms with van der Waals surface area (Å²) in [5.41, 5.74) is 0.627. The van der Waals surface area contributed by atoms with E-state index in [1.165, 1.54) is 4.90 Å². The molecule has 29 heavy (non-hydrogen) atoms. The highest BCUT2D eigenvalue weighted by Gasteiger charge is 2.51. The first-order valence-electron chi connectivity index (χ1n) is 9.87. The second kappa shape index (κ2) is 7.97. The predicted molar refractivity (Wildman–Crippen MR) is 112 cm³/mol. The van der Waals surface area contributed by atoms with Crippen molar-refractivity contribution in [2.24, 2.45) is 0 Å². The quantitative estimate of drug-likeness (QED) is 0.775. The van der Waals surface area contributed by atoms with Crippen LogP contribution in [0.3, 0.4) is 0 Å². The van der Waals surface area contributed by atoms with Gasteiger partial charge in [0.1, 0.15) is 0 Å². The lowest BCUT2D eigenvalue weighted by atomic mass is 9.78. The van der Waals surface area contributed by atoms with E-state index in [2.05, 4.69) is 5.32 Å². The van der Waals surface area contributed by atoms with E-state index in [0.717, 1.165) is 5.46 Å². The maximum Gasteiger partial charge on any atom is 0.494 e. The summed E-state index contributed by atoms with van der Waals surface area (Å²) in [5, 5.41) is 2.87. The molecule has 2 saturated heterocycles. The summed E-state index contributed by atoms with van der Waals surface area (Å²) in [5.74, 6) is -0.208. The van der Waals surface area contributed by atoms with Crippen molar-refractivity contribution in [1.82, 2.24) is 9.80 Å². The number of anilines is 1. The zero-order valence-corrected chi connectivity index (χ0v) is 18.1. The molecule has 0 bridgehead atoms. The van der Waals surface area contributed by atoms with Gasteiger partial charge in [-0.2, -0.15) is 0 Å². The predicted octanol–water partition coefficient (Wildman–Crippen LogP) is 1.55. The number of morpholine rings is 1. The molecule has 0 atom stereocenters. The van der Waals surface area contributed by atoms with Crippen molar-refractivity contribution in [2.75, 3.05) is 45.7 Å². The third-order valence-electron chi connectivity index (χ3n) is 5.75. The van der Waals surface area contributed by atoms with Gasteiger partial charge in [-0.05, 0) is 45.3 Å². The van der Waals surface area contributed by atoms with Gasteiger partial charge in [0.15, 0.2) is 0 Å². The highest BCUT2D eigenvalue weighted by atomic mass is 16.7. The molecule has 2 aliphatic rings. The average Bonchev–Trinajstić information content (AvgIpc) is 2.89. The van der Waals surface area contributed by atoms with Crippen molar-refractivity contribution < 1.29 is 23.6 Å². The highest BCUT2D eigenvalue weighted by Crippen LogP contribution is 2.36. The van der Waals surface area contributed by atoms with E-state index in [-0.39, 0.29) is 11.9 Å². The normalized spacial score (nSPS) is 20.5. The second-order valence-corrected chi connectivity index (χ2v) is 8.62. The maximum atomic E-state index is 12.8. The molecule has 158 valence electrons. The lowest BCUT2D eigenvalue weighted by molar-refractivity contribution is 0.00578. The molecule has 9 heteroatoms. The minimum atomic E-state index is -0.585. The molecule has 2 fully saturated rings. The van der Waals surface area contributed by atoms with Gasteiger partial charge in [0.05, 0.1) is 35.7 Å². The first-order valence-corrected chi connectivity index (χ1v) is 9.87. The van der Waals surface area contributed by atoms with Crippen LogP contribution < -0.4 is 10.8 Å². The number of benzene rings is 1. The van der Waals surface area contributed by atoms with Gasteiger partial charge in [-0.15, -0.1) is 0 Å². The Morgan fingerprint density at radius 1 is 1.07 bits per heavy atom. The summed E-state index contributed by atoms with van der Waals surface area (Å²) >= 11 is 0. The Morgan fingerprint density at radius 3 is 2.21 bits per heavy atom. The van der Waals surface area contributed by atoms with Gasteiger partial charge in [0.25, 0.3) is 5.91 Å². The van der Waals surface area contributed by atoms with Crippen LogP contribution in [-0.2, 0) is 14.0 Å². The molecular formula is C20H30BN3O5. The van der Waals surface area contributed by atoms with Crippen LogP contribution in [-0.4, -0.2) is 80.5 Å².